The van der Waals surface area contributed by atoms with Crippen LogP contribution in [0, 0.1) is 0 Å². The summed E-state index contributed by atoms with van der Waals surface area (Å²) < 4.78 is 11.7. The molecule has 148 valence electrons. The van der Waals surface area contributed by atoms with Crippen molar-refractivity contribution in [1.82, 2.24) is 10.3 Å². The molecule has 0 unspecified atom stereocenters. The third-order valence-electron chi connectivity index (χ3n) is 3.98. The van der Waals surface area contributed by atoms with Crippen LogP contribution in [-0.4, -0.2) is 11.6 Å². The van der Waals surface area contributed by atoms with Crippen LogP contribution in [0.3, 0.4) is 0 Å². The molecule has 1 heterocycles. The molecule has 28 heavy (non-hydrogen) atoms. The molecule has 0 fully saturated rings. The topological polar surface area (TPSA) is 43.4 Å². The number of benzene rings is 2. The van der Waals surface area contributed by atoms with E-state index in [9.17, 15) is 0 Å². The van der Waals surface area contributed by atoms with E-state index in [0.29, 0.717) is 36.3 Å². The average Bonchev–Trinajstić information content (AvgIpc) is 2.69. The molecule has 0 aliphatic heterocycles. The Labute approximate surface area is 177 Å². The Bertz CT molecular complexity index is 846. The molecule has 0 aliphatic rings. The van der Waals surface area contributed by atoms with Gasteiger partial charge < -0.3 is 27.2 Å². The molecule has 3 rings (SSSR count). The molecule has 6 heteroatoms. The summed E-state index contributed by atoms with van der Waals surface area (Å²) in [7, 11) is 0. The van der Waals surface area contributed by atoms with Gasteiger partial charge >= 0.3 is 0 Å². The molecule has 0 radical (unpaired) electrons. The first-order valence-electron chi connectivity index (χ1n) is 8.98. The first kappa shape index (κ1) is 22.0. The van der Waals surface area contributed by atoms with Crippen molar-refractivity contribution in [3.63, 3.8) is 0 Å². The molecule has 1 aromatic heterocycles. The second-order valence-electron chi connectivity index (χ2n) is 6.08. The third-order valence-corrected chi connectivity index (χ3v) is 4.26. The van der Waals surface area contributed by atoms with Crippen LogP contribution in [0.4, 0.5) is 0 Å². The molecule has 0 spiro atoms. The number of rotatable bonds is 9. The van der Waals surface area contributed by atoms with Crippen molar-refractivity contribution in [3.05, 3.63) is 88.7 Å². The van der Waals surface area contributed by atoms with Crippen LogP contribution in [0.2, 0.25) is 5.02 Å². The fraction of sp³-hybridized carbons (Fsp3) is 0.227. The highest BCUT2D eigenvalue weighted by Crippen LogP contribution is 2.37. The first-order chi connectivity index (χ1) is 13.3. The van der Waals surface area contributed by atoms with Crippen LogP contribution in [0.1, 0.15) is 23.6 Å². The molecule has 0 saturated carbocycles. The lowest BCUT2D eigenvalue weighted by Crippen LogP contribution is -3.00. The number of halogens is 2. The van der Waals surface area contributed by atoms with Gasteiger partial charge in [-0.1, -0.05) is 48.0 Å². The Morgan fingerprint density at radius 1 is 0.929 bits per heavy atom. The molecule has 3 aromatic rings. The van der Waals surface area contributed by atoms with Crippen LogP contribution in [0.25, 0.3) is 0 Å². The summed E-state index contributed by atoms with van der Waals surface area (Å²) in [5, 5.41) is 3.95. The van der Waals surface area contributed by atoms with Gasteiger partial charge in [0.2, 0.25) is 0 Å². The maximum atomic E-state index is 6.49. The van der Waals surface area contributed by atoms with E-state index in [1.54, 1.807) is 6.20 Å². The number of nitrogens with zero attached hydrogens (tertiary/aromatic N) is 1. The molecule has 0 saturated heterocycles. The lowest BCUT2D eigenvalue weighted by Gasteiger charge is -2.16. The molecular weight excluding hydrogens is 395 g/mol. The van der Waals surface area contributed by atoms with E-state index in [0.717, 1.165) is 23.2 Å². The van der Waals surface area contributed by atoms with E-state index < -0.39 is 0 Å². The van der Waals surface area contributed by atoms with Crippen molar-refractivity contribution < 1.29 is 21.9 Å². The number of pyridine rings is 1. The van der Waals surface area contributed by atoms with Crippen LogP contribution < -0.4 is 27.2 Å². The van der Waals surface area contributed by atoms with Gasteiger partial charge in [-0.05, 0) is 41.8 Å². The van der Waals surface area contributed by atoms with Gasteiger partial charge in [0.05, 0.1) is 11.6 Å². The Morgan fingerprint density at radius 2 is 1.68 bits per heavy atom. The Hall–Kier alpha value is -2.27. The predicted octanol–water partition coefficient (Wildman–Crippen LogP) is 2.01. The van der Waals surface area contributed by atoms with Crippen molar-refractivity contribution in [2.45, 2.75) is 26.6 Å². The van der Waals surface area contributed by atoms with Gasteiger partial charge in [0, 0.05) is 25.5 Å². The maximum absolute atomic E-state index is 6.49. The Kier molecular flexibility index (Phi) is 9.08. The minimum absolute atomic E-state index is 0. The molecule has 0 atom stereocenters. The van der Waals surface area contributed by atoms with Crippen LogP contribution >= 0.6 is 11.6 Å². The van der Waals surface area contributed by atoms with Gasteiger partial charge in [-0.25, -0.2) is 0 Å². The highest BCUT2D eigenvalue weighted by atomic mass is 35.5. The number of hydrogen-bond donors (Lipinski definition) is 1. The second kappa shape index (κ2) is 11.5. The van der Waals surface area contributed by atoms with E-state index in [1.165, 1.54) is 0 Å². The van der Waals surface area contributed by atoms with Crippen LogP contribution in [0.15, 0.2) is 67.0 Å². The van der Waals surface area contributed by atoms with Crippen LogP contribution in [-0.2, 0) is 19.7 Å². The molecule has 0 aliphatic carbocycles. The van der Waals surface area contributed by atoms with E-state index in [-0.39, 0.29) is 12.4 Å². The number of ether oxygens (including phenoxy) is 2. The smallest absolute Gasteiger partial charge is 0.180 e. The maximum Gasteiger partial charge on any atom is 0.180 e. The number of aromatic nitrogens is 1. The van der Waals surface area contributed by atoms with Crippen LogP contribution in [0.5, 0.6) is 11.5 Å². The third kappa shape index (κ3) is 6.41. The second-order valence-corrected chi connectivity index (χ2v) is 6.48. The van der Waals surface area contributed by atoms with Crippen molar-refractivity contribution in [2.24, 2.45) is 0 Å². The number of hydrogen-bond acceptors (Lipinski definition) is 4. The first-order valence-corrected chi connectivity index (χ1v) is 9.35. The SMILES string of the molecule is CCOc1cc(CNCc2cccnc2)cc(Cl)c1OCc1ccccc1.[Cl-]. The summed E-state index contributed by atoms with van der Waals surface area (Å²) in [6.07, 6.45) is 3.62. The standard InChI is InChI=1S/C22H23ClN2O2.ClH/c1-2-26-21-12-19(15-25-14-18-9-6-10-24-13-18)11-20(23)22(21)27-16-17-7-4-3-5-8-17;/h3-13,25H,2,14-16H2,1H3;1H/p-1. The van der Waals surface area contributed by atoms with Gasteiger partial charge in [0.15, 0.2) is 11.5 Å². The largest absolute Gasteiger partial charge is 1.00 e. The quantitative estimate of drug-likeness (QED) is 0.578. The summed E-state index contributed by atoms with van der Waals surface area (Å²) in [6, 6.07) is 17.9. The van der Waals surface area contributed by atoms with Crippen molar-refractivity contribution in [1.29, 1.82) is 0 Å². The normalized spacial score (nSPS) is 10.2. The molecule has 0 amide bonds. The molecule has 0 bridgehead atoms. The summed E-state index contributed by atoms with van der Waals surface area (Å²) in [4.78, 5) is 4.12. The minimum atomic E-state index is 0. The Balaban J connectivity index is 0.00000280. The van der Waals surface area contributed by atoms with Crippen molar-refractivity contribution in [2.75, 3.05) is 6.61 Å². The molecule has 1 N–H and O–H groups in total. The van der Waals surface area contributed by atoms with E-state index in [2.05, 4.69) is 10.3 Å². The zero-order chi connectivity index (χ0) is 18.9. The highest BCUT2D eigenvalue weighted by Gasteiger charge is 2.13. The fourth-order valence-electron chi connectivity index (χ4n) is 2.71. The minimum Gasteiger partial charge on any atom is -1.00 e. The van der Waals surface area contributed by atoms with Gasteiger partial charge in [-0.15, -0.1) is 0 Å². The zero-order valence-corrected chi connectivity index (χ0v) is 17.2. The summed E-state index contributed by atoms with van der Waals surface area (Å²) in [5.41, 5.74) is 3.26. The van der Waals surface area contributed by atoms with Crippen molar-refractivity contribution in [3.8, 4) is 11.5 Å². The monoisotopic (exact) mass is 417 g/mol. The van der Waals surface area contributed by atoms with Gasteiger partial charge in [-0.3, -0.25) is 4.98 Å². The summed E-state index contributed by atoms with van der Waals surface area (Å²) in [5.74, 6) is 1.25. The lowest BCUT2D eigenvalue weighted by molar-refractivity contribution is -0.00000622. The van der Waals surface area contributed by atoms with Gasteiger partial charge in [0.25, 0.3) is 0 Å². The molecular formula is C22H23Cl2N2O2-. The van der Waals surface area contributed by atoms with Crippen molar-refractivity contribution >= 4 is 11.6 Å². The molecule has 4 nitrogen and oxygen atoms in total. The number of nitrogens with one attached hydrogen (secondary N) is 1. The van der Waals surface area contributed by atoms with E-state index in [4.69, 9.17) is 21.1 Å². The van der Waals surface area contributed by atoms with E-state index >= 15 is 0 Å². The summed E-state index contributed by atoms with van der Waals surface area (Å²) in [6.45, 7) is 4.35. The van der Waals surface area contributed by atoms with E-state index in [1.807, 2.05) is 67.7 Å². The van der Waals surface area contributed by atoms with Gasteiger partial charge in [0.1, 0.15) is 6.61 Å². The fourth-order valence-corrected chi connectivity index (χ4v) is 3.00. The Morgan fingerprint density at radius 3 is 2.39 bits per heavy atom. The zero-order valence-electron chi connectivity index (χ0n) is 15.7. The van der Waals surface area contributed by atoms with Gasteiger partial charge in [-0.2, -0.15) is 0 Å². The lowest BCUT2D eigenvalue weighted by atomic mass is 10.2. The highest BCUT2D eigenvalue weighted by molar-refractivity contribution is 6.32. The predicted molar refractivity (Wildman–Crippen MR) is 108 cm³/mol. The molecule has 2 aromatic carbocycles. The summed E-state index contributed by atoms with van der Waals surface area (Å²) >= 11 is 6.49. The average molecular weight is 418 g/mol.